The third kappa shape index (κ3) is 68.7. The van der Waals surface area contributed by atoms with Crippen LogP contribution in [-0.2, 0) is 32.7 Å². The minimum absolute atomic E-state index is 0.0228. The Morgan fingerprint density at radius 2 is 0.628 bits per heavy atom. The lowest BCUT2D eigenvalue weighted by Gasteiger charge is -2.24. The molecule has 0 amide bonds. The molecule has 0 spiro atoms. The predicted molar refractivity (Wildman–Crippen MR) is 371 cm³/mol. The van der Waals surface area contributed by atoms with Gasteiger partial charge in [-0.3, -0.25) is 18.6 Å². The van der Waals surface area contributed by atoms with Crippen LogP contribution < -0.4 is 0 Å². The van der Waals surface area contributed by atoms with E-state index in [1.165, 1.54) is 89.9 Å². The zero-order chi connectivity index (χ0) is 62.6. The van der Waals surface area contributed by atoms with Crippen molar-refractivity contribution >= 4 is 19.8 Å². The first-order valence-electron chi connectivity index (χ1n) is 34.2. The highest BCUT2D eigenvalue weighted by Crippen LogP contribution is 2.43. The van der Waals surface area contributed by atoms with Crippen molar-refractivity contribution in [3.8, 4) is 0 Å². The van der Waals surface area contributed by atoms with Crippen LogP contribution in [0.5, 0.6) is 0 Å². The molecule has 10 heteroatoms. The number of hydrogen-bond acceptors (Lipinski definition) is 7. The molecule has 0 aromatic carbocycles. The van der Waals surface area contributed by atoms with Crippen molar-refractivity contribution in [1.29, 1.82) is 0 Å². The number of phosphoric acid groups is 1. The third-order valence-corrected chi connectivity index (χ3v) is 15.0. The highest BCUT2D eigenvalue weighted by Gasteiger charge is 2.27. The molecule has 0 heterocycles. The normalized spacial score (nSPS) is 14.2. The molecule has 0 bridgehead atoms. The van der Waals surface area contributed by atoms with Crippen molar-refractivity contribution in [2.45, 2.75) is 264 Å². The van der Waals surface area contributed by atoms with Crippen LogP contribution >= 0.6 is 7.82 Å². The van der Waals surface area contributed by atoms with Gasteiger partial charge >= 0.3 is 19.8 Å². The Hall–Kier alpha value is -4.37. The molecule has 0 saturated carbocycles. The Morgan fingerprint density at radius 3 is 0.930 bits per heavy atom. The van der Waals surface area contributed by atoms with E-state index in [1.807, 2.05) is 21.1 Å². The molecule has 0 aliphatic heterocycles. The average molecular weight is 1210 g/mol. The smallest absolute Gasteiger partial charge is 0.462 e. The number of unbranched alkanes of at least 4 members (excludes halogenated alkanes) is 21. The maximum Gasteiger partial charge on any atom is 0.472 e. The molecule has 0 saturated heterocycles. The average Bonchev–Trinajstić information content (AvgIpc) is 3.67. The predicted octanol–water partition coefficient (Wildman–Crippen LogP) is 22.4. The second kappa shape index (κ2) is 65.1. The number of carbonyl (C=O) groups is 2. The highest BCUT2D eigenvalue weighted by molar-refractivity contribution is 7.47. The Morgan fingerprint density at radius 1 is 0.360 bits per heavy atom. The Bertz CT molecular complexity index is 2010. The van der Waals surface area contributed by atoms with E-state index >= 15 is 0 Å². The monoisotopic (exact) mass is 1210 g/mol. The Balaban J connectivity index is 4.12. The fourth-order valence-electron chi connectivity index (χ4n) is 8.88. The van der Waals surface area contributed by atoms with E-state index < -0.39 is 26.5 Å². The summed E-state index contributed by atoms with van der Waals surface area (Å²) in [7, 11) is 1.46. The molecule has 0 aromatic rings. The number of esters is 2. The van der Waals surface area contributed by atoms with Crippen LogP contribution in [0, 0.1) is 0 Å². The van der Waals surface area contributed by atoms with Gasteiger partial charge < -0.3 is 18.9 Å². The van der Waals surface area contributed by atoms with Gasteiger partial charge in [0.25, 0.3) is 0 Å². The van der Waals surface area contributed by atoms with Crippen LogP contribution in [0.1, 0.15) is 258 Å². The maximum atomic E-state index is 12.9. The summed E-state index contributed by atoms with van der Waals surface area (Å²) in [6.07, 6.45) is 97.6. The molecule has 2 unspecified atom stereocenters. The lowest BCUT2D eigenvalue weighted by molar-refractivity contribution is -0.870. The van der Waals surface area contributed by atoms with E-state index in [2.05, 4.69) is 172 Å². The fourth-order valence-corrected chi connectivity index (χ4v) is 9.62. The summed E-state index contributed by atoms with van der Waals surface area (Å²) in [5, 5.41) is 0. The number of quaternary nitrogens is 1. The van der Waals surface area contributed by atoms with Gasteiger partial charge in [-0.15, -0.1) is 0 Å². The van der Waals surface area contributed by atoms with Gasteiger partial charge in [0.2, 0.25) is 0 Å². The molecule has 0 rings (SSSR count). The standard InChI is InChI=1S/C76H126NO8P/c1-6-8-10-12-14-16-18-20-22-24-26-28-30-32-33-34-35-36-37-38-39-40-41-42-43-45-47-49-51-53-55-57-59-61-63-65-67-69-76(79)85-74(73-84-86(80,81)83-71-70-77(3,4)5)72-82-75(78)68-66-64-62-60-58-56-54-52-50-48-46-44-31-29-27-25-23-21-19-17-15-13-11-9-7-2/h8-11,14-17,20-23,26-29,32-33,35-36,38-39,41-42,44,46,74H,6-7,12-13,18-19,24-25,30-31,34,37,40,43,45,47-73H2,1-5H3/p+1/b10-8-,11-9-,16-14-,17-15-,22-20-,23-21-,28-26-,29-27-,33-32-,36-35-,39-38-,42-41-,46-44-. The zero-order valence-corrected chi connectivity index (χ0v) is 56.4. The molecular formula is C76H127NO8P+. The van der Waals surface area contributed by atoms with Crippen molar-refractivity contribution in [2.75, 3.05) is 47.5 Å². The van der Waals surface area contributed by atoms with Crippen LogP contribution in [-0.4, -0.2) is 74.9 Å². The molecule has 488 valence electrons. The first kappa shape index (κ1) is 81.6. The van der Waals surface area contributed by atoms with Gasteiger partial charge in [0.1, 0.15) is 19.8 Å². The number of ether oxygens (including phenoxy) is 2. The molecule has 86 heavy (non-hydrogen) atoms. The molecular weight excluding hydrogens is 1090 g/mol. The zero-order valence-electron chi connectivity index (χ0n) is 55.5. The topological polar surface area (TPSA) is 108 Å². The van der Waals surface area contributed by atoms with Crippen molar-refractivity contribution in [2.24, 2.45) is 0 Å². The molecule has 0 aliphatic rings. The Kier molecular flexibility index (Phi) is 61.8. The van der Waals surface area contributed by atoms with Crippen molar-refractivity contribution in [3.05, 3.63) is 158 Å². The first-order valence-corrected chi connectivity index (χ1v) is 35.7. The third-order valence-electron chi connectivity index (χ3n) is 14.1. The Labute approximate surface area is 528 Å². The molecule has 0 aromatic heterocycles. The largest absolute Gasteiger partial charge is 0.472 e. The first-order chi connectivity index (χ1) is 42.0. The van der Waals surface area contributed by atoms with Crippen molar-refractivity contribution in [1.82, 2.24) is 0 Å². The molecule has 9 nitrogen and oxygen atoms in total. The minimum Gasteiger partial charge on any atom is -0.462 e. The molecule has 0 radical (unpaired) electrons. The van der Waals surface area contributed by atoms with Crippen molar-refractivity contribution in [3.63, 3.8) is 0 Å². The second-order valence-electron chi connectivity index (χ2n) is 23.4. The van der Waals surface area contributed by atoms with E-state index in [0.717, 1.165) is 135 Å². The number of carbonyl (C=O) groups excluding carboxylic acids is 2. The van der Waals surface area contributed by atoms with Crippen LogP contribution in [0.15, 0.2) is 158 Å². The summed E-state index contributed by atoms with van der Waals surface area (Å²) < 4.78 is 34.7. The van der Waals surface area contributed by atoms with E-state index in [4.69, 9.17) is 18.5 Å². The maximum absolute atomic E-state index is 12.9. The summed E-state index contributed by atoms with van der Waals surface area (Å²) in [6, 6.07) is 0. The SMILES string of the molecule is CC/C=C\C/C=C\C/C=C\C/C=C\C/C=C\C/C=C\C/C=C\C/C=C\CCCCCCCCCCCCCCC(=O)OC(COC(=O)CCCCCCCCCCC/C=C\C/C=C\C/C=C\C/C=C\C/C=C\CC)COP(=O)(O)OCC[N+](C)(C)C. The lowest BCUT2D eigenvalue weighted by Crippen LogP contribution is -2.37. The number of rotatable bonds is 61. The van der Waals surface area contributed by atoms with E-state index in [1.54, 1.807) is 0 Å². The summed E-state index contributed by atoms with van der Waals surface area (Å²) in [4.78, 5) is 35.9. The summed E-state index contributed by atoms with van der Waals surface area (Å²) in [5.74, 6) is -0.813. The summed E-state index contributed by atoms with van der Waals surface area (Å²) in [5.41, 5.74) is 0. The van der Waals surface area contributed by atoms with Crippen LogP contribution in [0.25, 0.3) is 0 Å². The van der Waals surface area contributed by atoms with Gasteiger partial charge in [-0.1, -0.05) is 281 Å². The number of nitrogens with zero attached hydrogens (tertiary/aromatic N) is 1. The van der Waals surface area contributed by atoms with Gasteiger partial charge in [-0.2, -0.15) is 0 Å². The lowest BCUT2D eigenvalue weighted by atomic mass is 10.0. The van der Waals surface area contributed by atoms with Crippen LogP contribution in [0.2, 0.25) is 0 Å². The molecule has 2 atom stereocenters. The van der Waals surface area contributed by atoms with Gasteiger partial charge in [-0.25, -0.2) is 4.57 Å². The number of allylic oxidation sites excluding steroid dienone is 26. The van der Waals surface area contributed by atoms with Gasteiger partial charge in [-0.05, 0) is 122 Å². The van der Waals surface area contributed by atoms with E-state index in [-0.39, 0.29) is 32.0 Å². The van der Waals surface area contributed by atoms with Gasteiger partial charge in [0.05, 0.1) is 27.7 Å². The van der Waals surface area contributed by atoms with E-state index in [9.17, 15) is 19.0 Å². The molecule has 0 fully saturated rings. The summed E-state index contributed by atoms with van der Waals surface area (Å²) in [6.45, 7) is 4.19. The van der Waals surface area contributed by atoms with Crippen LogP contribution in [0.4, 0.5) is 0 Å². The molecule has 1 N–H and O–H groups in total. The number of hydrogen-bond donors (Lipinski definition) is 1. The van der Waals surface area contributed by atoms with Gasteiger partial charge in [0.15, 0.2) is 6.10 Å². The minimum atomic E-state index is -4.40. The number of likely N-dealkylation sites (N-methyl/N-ethyl adjacent to an activating group) is 1. The molecule has 0 aliphatic carbocycles. The second-order valence-corrected chi connectivity index (χ2v) is 24.9. The summed E-state index contributed by atoms with van der Waals surface area (Å²) >= 11 is 0. The number of phosphoric ester groups is 1. The van der Waals surface area contributed by atoms with Gasteiger partial charge in [0, 0.05) is 12.8 Å². The van der Waals surface area contributed by atoms with Crippen molar-refractivity contribution < 1.29 is 42.1 Å². The fraction of sp³-hybridized carbons (Fsp3) is 0.632. The quantitative estimate of drug-likeness (QED) is 0.0211. The van der Waals surface area contributed by atoms with E-state index in [0.29, 0.717) is 17.4 Å². The van der Waals surface area contributed by atoms with Crippen LogP contribution in [0.3, 0.4) is 0 Å². The highest BCUT2D eigenvalue weighted by atomic mass is 31.2.